The van der Waals surface area contributed by atoms with Gasteiger partial charge in [0.25, 0.3) is 0 Å². The lowest BCUT2D eigenvalue weighted by Gasteiger charge is -2.20. The van der Waals surface area contributed by atoms with Gasteiger partial charge in [-0.2, -0.15) is 5.10 Å². The van der Waals surface area contributed by atoms with E-state index in [-0.39, 0.29) is 11.8 Å². The first-order chi connectivity index (χ1) is 13.6. The molecule has 146 valence electrons. The summed E-state index contributed by atoms with van der Waals surface area (Å²) in [4.78, 5) is 19.0. The van der Waals surface area contributed by atoms with Crippen LogP contribution in [0.4, 0.5) is 5.69 Å². The summed E-state index contributed by atoms with van der Waals surface area (Å²) in [6, 6.07) is 16.1. The number of carbonyl (C=O) groups is 1. The molecule has 0 saturated carbocycles. The summed E-state index contributed by atoms with van der Waals surface area (Å²) >= 11 is 0. The normalized spacial score (nSPS) is 12.4. The second-order valence-electron chi connectivity index (χ2n) is 6.78. The third-order valence-electron chi connectivity index (χ3n) is 4.86. The molecule has 6 heteroatoms. The molecular formula is C22H27N5O. The molecule has 3 aromatic rings. The van der Waals surface area contributed by atoms with Crippen molar-refractivity contribution in [1.82, 2.24) is 15.0 Å². The fourth-order valence-corrected chi connectivity index (χ4v) is 3.17. The first-order valence-corrected chi connectivity index (χ1v) is 9.70. The van der Waals surface area contributed by atoms with Gasteiger partial charge in [0.05, 0.1) is 29.5 Å². The lowest BCUT2D eigenvalue weighted by molar-refractivity contribution is -0.124. The molecule has 0 aliphatic rings. The number of para-hydroxylation sites is 2. The molecule has 0 bridgehead atoms. The van der Waals surface area contributed by atoms with Crippen LogP contribution in [0.5, 0.6) is 0 Å². The zero-order chi connectivity index (χ0) is 19.9. The highest BCUT2D eigenvalue weighted by atomic mass is 16.2. The number of aromatic nitrogens is 2. The standard InChI is InChI=1S/C22H27N5O/c1-4-26(5-2)19-12-10-18(11-13-19)14-24-25-22(28)17(3)15-27-16-23-20-8-6-7-9-21(20)27/h6-14,16-17H,4-5,15H2,1-3H3,(H,25,28)/b24-14+. The fraction of sp³-hybridized carbons (Fsp3) is 0.318. The van der Waals surface area contributed by atoms with Crippen LogP contribution in [-0.2, 0) is 11.3 Å². The molecule has 0 aliphatic heterocycles. The molecule has 0 fully saturated rings. The quantitative estimate of drug-likeness (QED) is 0.481. The zero-order valence-electron chi connectivity index (χ0n) is 16.7. The van der Waals surface area contributed by atoms with E-state index >= 15 is 0 Å². The minimum atomic E-state index is -0.222. The molecule has 1 atom stereocenters. The van der Waals surface area contributed by atoms with Crippen LogP contribution in [0.1, 0.15) is 26.3 Å². The number of amides is 1. The predicted octanol–water partition coefficient (Wildman–Crippen LogP) is 3.67. The molecular weight excluding hydrogens is 350 g/mol. The number of hydrazone groups is 1. The number of benzene rings is 2. The maximum Gasteiger partial charge on any atom is 0.244 e. The Morgan fingerprint density at radius 2 is 1.89 bits per heavy atom. The van der Waals surface area contributed by atoms with Crippen molar-refractivity contribution in [3.8, 4) is 0 Å². The second-order valence-corrected chi connectivity index (χ2v) is 6.78. The number of carbonyl (C=O) groups excluding carboxylic acids is 1. The zero-order valence-corrected chi connectivity index (χ0v) is 16.7. The summed E-state index contributed by atoms with van der Waals surface area (Å²) in [6.07, 6.45) is 3.44. The van der Waals surface area contributed by atoms with E-state index in [0.717, 1.165) is 29.7 Å². The molecule has 1 N–H and O–H groups in total. The van der Waals surface area contributed by atoms with Gasteiger partial charge in [0.2, 0.25) is 5.91 Å². The third kappa shape index (κ3) is 4.57. The fourth-order valence-electron chi connectivity index (χ4n) is 3.17. The lowest BCUT2D eigenvalue weighted by atomic mass is 10.1. The van der Waals surface area contributed by atoms with Crippen molar-refractivity contribution >= 4 is 28.8 Å². The topological polar surface area (TPSA) is 62.5 Å². The number of nitrogens with zero attached hydrogens (tertiary/aromatic N) is 4. The van der Waals surface area contributed by atoms with Crippen molar-refractivity contribution in [3.63, 3.8) is 0 Å². The third-order valence-corrected chi connectivity index (χ3v) is 4.86. The average molecular weight is 377 g/mol. The van der Waals surface area contributed by atoms with E-state index in [1.54, 1.807) is 12.5 Å². The predicted molar refractivity (Wildman–Crippen MR) is 115 cm³/mol. The van der Waals surface area contributed by atoms with Gasteiger partial charge in [-0.1, -0.05) is 31.2 Å². The molecule has 0 aliphatic carbocycles. The Labute approximate surface area is 165 Å². The first kappa shape index (κ1) is 19.6. The molecule has 0 saturated heterocycles. The molecule has 28 heavy (non-hydrogen) atoms. The molecule has 3 rings (SSSR count). The van der Waals surface area contributed by atoms with Crippen molar-refractivity contribution in [2.75, 3.05) is 18.0 Å². The number of rotatable bonds is 8. The number of hydrogen-bond acceptors (Lipinski definition) is 4. The van der Waals surface area contributed by atoms with Gasteiger partial charge in [-0.05, 0) is 43.7 Å². The van der Waals surface area contributed by atoms with Gasteiger partial charge in [0.1, 0.15) is 0 Å². The van der Waals surface area contributed by atoms with E-state index in [4.69, 9.17) is 0 Å². The highest BCUT2D eigenvalue weighted by molar-refractivity contribution is 5.83. The van der Waals surface area contributed by atoms with Crippen molar-refractivity contribution in [2.45, 2.75) is 27.3 Å². The maximum absolute atomic E-state index is 12.4. The minimum Gasteiger partial charge on any atom is -0.372 e. The molecule has 1 aromatic heterocycles. The number of imidazole rings is 1. The van der Waals surface area contributed by atoms with E-state index in [1.165, 1.54) is 5.69 Å². The van der Waals surface area contributed by atoms with Gasteiger partial charge in [0.15, 0.2) is 0 Å². The Balaban J connectivity index is 1.55. The lowest BCUT2D eigenvalue weighted by Crippen LogP contribution is -2.28. The molecule has 0 radical (unpaired) electrons. The number of nitrogens with one attached hydrogen (secondary N) is 1. The minimum absolute atomic E-state index is 0.117. The van der Waals surface area contributed by atoms with E-state index in [9.17, 15) is 4.79 Å². The molecule has 1 heterocycles. The Hall–Kier alpha value is -3.15. The highest BCUT2D eigenvalue weighted by Gasteiger charge is 2.14. The van der Waals surface area contributed by atoms with E-state index < -0.39 is 0 Å². The van der Waals surface area contributed by atoms with Crippen LogP contribution in [-0.4, -0.2) is 34.8 Å². The maximum atomic E-state index is 12.4. The molecule has 6 nitrogen and oxygen atoms in total. The van der Waals surface area contributed by atoms with E-state index in [1.807, 2.05) is 47.9 Å². The van der Waals surface area contributed by atoms with Crippen LogP contribution in [0.3, 0.4) is 0 Å². The summed E-state index contributed by atoms with van der Waals surface area (Å²) < 4.78 is 2.00. The van der Waals surface area contributed by atoms with E-state index in [2.05, 4.69) is 46.4 Å². The van der Waals surface area contributed by atoms with Crippen molar-refractivity contribution in [3.05, 3.63) is 60.4 Å². The van der Waals surface area contributed by atoms with E-state index in [0.29, 0.717) is 6.54 Å². The second kappa shape index (κ2) is 9.17. The number of anilines is 1. The summed E-state index contributed by atoms with van der Waals surface area (Å²) in [5.41, 5.74) is 6.73. The summed E-state index contributed by atoms with van der Waals surface area (Å²) in [6.45, 7) is 8.68. The molecule has 0 spiro atoms. The van der Waals surface area contributed by atoms with Crippen molar-refractivity contribution < 1.29 is 4.79 Å². The Morgan fingerprint density at radius 1 is 1.18 bits per heavy atom. The highest BCUT2D eigenvalue weighted by Crippen LogP contribution is 2.15. The van der Waals surface area contributed by atoms with Crippen LogP contribution in [0.25, 0.3) is 11.0 Å². The van der Waals surface area contributed by atoms with Crippen molar-refractivity contribution in [2.24, 2.45) is 11.0 Å². The number of fused-ring (bicyclic) bond motifs is 1. The number of hydrogen-bond donors (Lipinski definition) is 1. The smallest absolute Gasteiger partial charge is 0.244 e. The molecule has 1 amide bonds. The van der Waals surface area contributed by atoms with Gasteiger partial charge >= 0.3 is 0 Å². The monoisotopic (exact) mass is 377 g/mol. The van der Waals surface area contributed by atoms with Gasteiger partial charge < -0.3 is 9.47 Å². The first-order valence-electron chi connectivity index (χ1n) is 9.70. The van der Waals surface area contributed by atoms with Crippen LogP contribution < -0.4 is 10.3 Å². The molecule has 2 aromatic carbocycles. The Kier molecular flexibility index (Phi) is 6.42. The van der Waals surface area contributed by atoms with Gasteiger partial charge in [-0.15, -0.1) is 0 Å². The van der Waals surface area contributed by atoms with Crippen LogP contribution >= 0.6 is 0 Å². The van der Waals surface area contributed by atoms with Crippen LogP contribution in [0.2, 0.25) is 0 Å². The van der Waals surface area contributed by atoms with Crippen LogP contribution in [0, 0.1) is 5.92 Å². The molecule has 1 unspecified atom stereocenters. The van der Waals surface area contributed by atoms with Gasteiger partial charge in [0, 0.05) is 25.3 Å². The largest absolute Gasteiger partial charge is 0.372 e. The SMILES string of the molecule is CCN(CC)c1ccc(/C=N/NC(=O)C(C)Cn2cnc3ccccc32)cc1. The summed E-state index contributed by atoms with van der Waals surface area (Å²) in [5, 5.41) is 4.11. The summed E-state index contributed by atoms with van der Waals surface area (Å²) in [7, 11) is 0. The van der Waals surface area contributed by atoms with Crippen molar-refractivity contribution in [1.29, 1.82) is 0 Å². The Morgan fingerprint density at radius 3 is 2.61 bits per heavy atom. The van der Waals surface area contributed by atoms with Crippen LogP contribution in [0.15, 0.2) is 60.0 Å². The average Bonchev–Trinajstić information content (AvgIpc) is 3.13. The Bertz CT molecular complexity index is 941. The summed E-state index contributed by atoms with van der Waals surface area (Å²) in [5.74, 6) is -0.339. The van der Waals surface area contributed by atoms with Gasteiger partial charge in [-0.3, -0.25) is 4.79 Å². The van der Waals surface area contributed by atoms with Gasteiger partial charge in [-0.25, -0.2) is 10.4 Å².